The summed E-state index contributed by atoms with van der Waals surface area (Å²) in [6, 6.07) is 22.0. The van der Waals surface area contributed by atoms with E-state index in [1.165, 1.54) is 18.3 Å². The van der Waals surface area contributed by atoms with Crippen molar-refractivity contribution in [3.05, 3.63) is 95.0 Å². The second-order valence-electron chi connectivity index (χ2n) is 6.69. The summed E-state index contributed by atoms with van der Waals surface area (Å²) in [6.45, 7) is 1.60. The zero-order chi connectivity index (χ0) is 22.3. The highest BCUT2D eigenvalue weighted by molar-refractivity contribution is 7.92. The van der Waals surface area contributed by atoms with Crippen molar-refractivity contribution in [2.75, 3.05) is 10.8 Å². The van der Waals surface area contributed by atoms with Gasteiger partial charge in [-0.2, -0.15) is 5.10 Å². The highest BCUT2D eigenvalue weighted by Crippen LogP contribution is 2.24. The van der Waals surface area contributed by atoms with Gasteiger partial charge in [0.15, 0.2) is 0 Å². The Labute approximate surface area is 187 Å². The molecule has 0 fully saturated rings. The van der Waals surface area contributed by atoms with Gasteiger partial charge >= 0.3 is 0 Å². The molecule has 6 nitrogen and oxygen atoms in total. The average Bonchev–Trinajstić information content (AvgIpc) is 2.79. The zero-order valence-electron chi connectivity index (χ0n) is 16.9. The van der Waals surface area contributed by atoms with Gasteiger partial charge in [-0.25, -0.2) is 13.8 Å². The molecule has 0 unspecified atom stereocenters. The van der Waals surface area contributed by atoms with Crippen molar-refractivity contribution in [3.8, 4) is 0 Å². The van der Waals surface area contributed by atoms with E-state index in [0.29, 0.717) is 10.7 Å². The number of rotatable bonds is 8. The maximum atomic E-state index is 13.2. The summed E-state index contributed by atoms with van der Waals surface area (Å²) < 4.78 is 27.6. The number of hydrogen-bond donors (Lipinski definition) is 1. The summed E-state index contributed by atoms with van der Waals surface area (Å²) in [5, 5.41) is 4.51. The van der Waals surface area contributed by atoms with Crippen molar-refractivity contribution < 1.29 is 13.2 Å². The first-order chi connectivity index (χ1) is 14.9. The molecule has 0 radical (unpaired) electrons. The third-order valence-electron chi connectivity index (χ3n) is 4.52. The molecule has 0 spiro atoms. The largest absolute Gasteiger partial charge is 0.271 e. The Balaban J connectivity index is 1.82. The molecular weight excluding hydrogens is 434 g/mol. The standard InChI is InChI=1S/C23H22ClN3O3S/c1-2-18-10-14-21(15-11-18)27(31(29,30)22-6-4-3-5-7-22)17-23(28)26-25-16-19-8-12-20(24)13-9-19/h3-16H,2,17H2,1H3,(H,26,28)/b25-16-. The number of aryl methyl sites for hydroxylation is 1. The van der Waals surface area contributed by atoms with Gasteiger partial charge in [0, 0.05) is 5.02 Å². The van der Waals surface area contributed by atoms with E-state index in [-0.39, 0.29) is 4.90 Å². The van der Waals surface area contributed by atoms with Gasteiger partial charge in [-0.05, 0) is 53.9 Å². The molecule has 3 aromatic carbocycles. The van der Waals surface area contributed by atoms with Crippen LogP contribution in [0.1, 0.15) is 18.1 Å². The highest BCUT2D eigenvalue weighted by Gasteiger charge is 2.27. The molecule has 8 heteroatoms. The predicted molar refractivity (Wildman–Crippen MR) is 124 cm³/mol. The predicted octanol–water partition coefficient (Wildman–Crippen LogP) is 4.25. The minimum atomic E-state index is -3.94. The molecule has 0 aliphatic rings. The summed E-state index contributed by atoms with van der Waals surface area (Å²) in [5.74, 6) is -0.565. The first-order valence-electron chi connectivity index (χ1n) is 9.64. The van der Waals surface area contributed by atoms with Crippen LogP contribution >= 0.6 is 11.6 Å². The number of hydrogen-bond acceptors (Lipinski definition) is 4. The summed E-state index contributed by atoms with van der Waals surface area (Å²) in [6.07, 6.45) is 2.28. The summed E-state index contributed by atoms with van der Waals surface area (Å²) in [4.78, 5) is 12.6. The molecular formula is C23H22ClN3O3S. The molecule has 1 N–H and O–H groups in total. The molecule has 0 saturated heterocycles. The Morgan fingerprint density at radius 2 is 1.65 bits per heavy atom. The van der Waals surface area contributed by atoms with Gasteiger partial charge in [-0.3, -0.25) is 9.10 Å². The molecule has 0 bridgehead atoms. The lowest BCUT2D eigenvalue weighted by atomic mass is 10.1. The van der Waals surface area contributed by atoms with E-state index in [9.17, 15) is 13.2 Å². The fourth-order valence-electron chi connectivity index (χ4n) is 2.83. The van der Waals surface area contributed by atoms with E-state index in [1.807, 2.05) is 19.1 Å². The maximum absolute atomic E-state index is 13.2. The van der Waals surface area contributed by atoms with Gasteiger partial charge in [0.05, 0.1) is 16.8 Å². The van der Waals surface area contributed by atoms with E-state index in [4.69, 9.17) is 11.6 Å². The Hall–Kier alpha value is -3.16. The Bertz CT molecular complexity index is 1150. The van der Waals surface area contributed by atoms with Crippen LogP contribution in [0.3, 0.4) is 0 Å². The van der Waals surface area contributed by atoms with E-state index < -0.39 is 22.5 Å². The van der Waals surface area contributed by atoms with Crippen LogP contribution in [0.25, 0.3) is 0 Å². The van der Waals surface area contributed by atoms with Crippen LogP contribution in [-0.4, -0.2) is 27.1 Å². The van der Waals surface area contributed by atoms with Crippen molar-refractivity contribution in [1.82, 2.24) is 5.43 Å². The minimum absolute atomic E-state index is 0.104. The van der Waals surface area contributed by atoms with Crippen molar-refractivity contribution in [1.29, 1.82) is 0 Å². The molecule has 1 amide bonds. The van der Waals surface area contributed by atoms with Gasteiger partial charge in [0.2, 0.25) is 0 Å². The lowest BCUT2D eigenvalue weighted by Crippen LogP contribution is -2.39. The summed E-state index contributed by atoms with van der Waals surface area (Å²) in [5.41, 5.74) is 4.60. The number of anilines is 1. The fourth-order valence-corrected chi connectivity index (χ4v) is 4.39. The van der Waals surface area contributed by atoms with Crippen LogP contribution in [0.5, 0.6) is 0 Å². The van der Waals surface area contributed by atoms with E-state index in [0.717, 1.165) is 21.9 Å². The van der Waals surface area contributed by atoms with Gasteiger partial charge in [0.1, 0.15) is 6.54 Å². The van der Waals surface area contributed by atoms with Crippen molar-refractivity contribution in [2.45, 2.75) is 18.2 Å². The topological polar surface area (TPSA) is 78.8 Å². The average molecular weight is 456 g/mol. The number of carbonyl (C=O) groups is 1. The number of amides is 1. The van der Waals surface area contributed by atoms with Crippen molar-refractivity contribution in [3.63, 3.8) is 0 Å². The number of benzene rings is 3. The molecule has 0 heterocycles. The number of sulfonamides is 1. The monoisotopic (exact) mass is 455 g/mol. The number of hydrazone groups is 1. The smallest absolute Gasteiger partial charge is 0.264 e. The second-order valence-corrected chi connectivity index (χ2v) is 8.99. The zero-order valence-corrected chi connectivity index (χ0v) is 18.5. The number of carbonyl (C=O) groups excluding carboxylic acids is 1. The summed E-state index contributed by atoms with van der Waals surface area (Å²) in [7, 11) is -3.94. The SMILES string of the molecule is CCc1ccc(N(CC(=O)N/N=C\c2ccc(Cl)cc2)S(=O)(=O)c2ccccc2)cc1. The van der Waals surface area contributed by atoms with E-state index in [1.54, 1.807) is 54.6 Å². The third-order valence-corrected chi connectivity index (χ3v) is 6.56. The van der Waals surface area contributed by atoms with E-state index >= 15 is 0 Å². The number of nitrogens with one attached hydrogen (secondary N) is 1. The Morgan fingerprint density at radius 1 is 1.00 bits per heavy atom. The van der Waals surface area contributed by atoms with Gasteiger partial charge in [0.25, 0.3) is 15.9 Å². The lowest BCUT2D eigenvalue weighted by Gasteiger charge is -2.24. The van der Waals surface area contributed by atoms with Gasteiger partial charge < -0.3 is 0 Å². The molecule has 0 aromatic heterocycles. The Morgan fingerprint density at radius 3 is 2.26 bits per heavy atom. The minimum Gasteiger partial charge on any atom is -0.271 e. The molecule has 0 aliphatic carbocycles. The maximum Gasteiger partial charge on any atom is 0.264 e. The molecule has 0 atom stereocenters. The molecule has 160 valence electrons. The first-order valence-corrected chi connectivity index (χ1v) is 11.5. The van der Waals surface area contributed by atoms with Gasteiger partial charge in [-0.1, -0.05) is 61.0 Å². The molecule has 3 aromatic rings. The van der Waals surface area contributed by atoms with Crippen molar-refractivity contribution >= 4 is 39.4 Å². The Kier molecular flexibility index (Phi) is 7.44. The first kappa shape index (κ1) is 22.5. The quantitative estimate of drug-likeness (QED) is 0.407. The second kappa shape index (κ2) is 10.2. The number of nitrogens with zero attached hydrogens (tertiary/aromatic N) is 2. The van der Waals surface area contributed by atoms with Crippen molar-refractivity contribution in [2.24, 2.45) is 5.10 Å². The fraction of sp³-hybridized carbons (Fsp3) is 0.130. The van der Waals surface area contributed by atoms with Crippen LogP contribution < -0.4 is 9.73 Å². The summed E-state index contributed by atoms with van der Waals surface area (Å²) >= 11 is 5.85. The van der Waals surface area contributed by atoms with Crippen LogP contribution in [0.4, 0.5) is 5.69 Å². The molecule has 3 rings (SSSR count). The van der Waals surface area contributed by atoms with E-state index in [2.05, 4.69) is 10.5 Å². The van der Waals surface area contributed by atoms with Crippen LogP contribution in [0.15, 0.2) is 88.9 Å². The number of halogens is 1. The van der Waals surface area contributed by atoms with Crippen LogP contribution in [0, 0.1) is 0 Å². The van der Waals surface area contributed by atoms with Crippen LogP contribution in [-0.2, 0) is 21.2 Å². The molecule has 31 heavy (non-hydrogen) atoms. The van der Waals surface area contributed by atoms with Crippen LogP contribution in [0.2, 0.25) is 5.02 Å². The molecule has 0 saturated carbocycles. The highest BCUT2D eigenvalue weighted by atomic mass is 35.5. The third kappa shape index (κ3) is 5.93. The van der Waals surface area contributed by atoms with Gasteiger partial charge in [-0.15, -0.1) is 0 Å². The normalized spacial score (nSPS) is 11.4. The molecule has 0 aliphatic heterocycles. The lowest BCUT2D eigenvalue weighted by molar-refractivity contribution is -0.119.